The summed E-state index contributed by atoms with van der Waals surface area (Å²) < 4.78 is 24.0. The third kappa shape index (κ3) is 1.42. The molecule has 1 unspecified atom stereocenters. The van der Waals surface area contributed by atoms with Crippen molar-refractivity contribution in [1.82, 2.24) is 4.90 Å². The van der Waals surface area contributed by atoms with Crippen LogP contribution in [-0.4, -0.2) is 16.8 Å². The van der Waals surface area contributed by atoms with Gasteiger partial charge in [-0.3, -0.25) is 0 Å². The van der Waals surface area contributed by atoms with E-state index in [1.54, 1.807) is 18.8 Å². The van der Waals surface area contributed by atoms with E-state index in [-0.39, 0.29) is 5.37 Å². The minimum Gasteiger partial charge on any atom is -0.309 e. The maximum Gasteiger partial charge on any atom is 0.315 e. The molecule has 10 heavy (non-hydrogen) atoms. The van der Waals surface area contributed by atoms with Crippen molar-refractivity contribution in [2.45, 2.75) is 18.8 Å². The SMILES string of the molecule is C[CH]C1SC=CN1C(F)F. The van der Waals surface area contributed by atoms with Gasteiger partial charge in [0.2, 0.25) is 0 Å². The number of halogens is 2. The first kappa shape index (κ1) is 7.85. The lowest BCUT2D eigenvalue weighted by atomic mass is 10.4. The molecule has 0 aromatic heterocycles. The molecule has 0 amide bonds. The summed E-state index contributed by atoms with van der Waals surface area (Å²) in [5.41, 5.74) is 0. The van der Waals surface area contributed by atoms with E-state index in [0.717, 1.165) is 4.90 Å². The maximum absolute atomic E-state index is 12.0. The Hall–Kier alpha value is -0.250. The minimum atomic E-state index is -2.38. The van der Waals surface area contributed by atoms with Gasteiger partial charge in [0.1, 0.15) is 0 Å². The summed E-state index contributed by atoms with van der Waals surface area (Å²) in [7, 11) is 0. The van der Waals surface area contributed by atoms with Crippen molar-refractivity contribution < 1.29 is 8.78 Å². The molecule has 0 aliphatic carbocycles. The van der Waals surface area contributed by atoms with Crippen LogP contribution in [0.1, 0.15) is 6.92 Å². The zero-order valence-corrected chi connectivity index (χ0v) is 6.31. The second-order valence-corrected chi connectivity index (χ2v) is 2.90. The molecule has 0 fully saturated rings. The first-order valence-corrected chi connectivity index (χ1v) is 3.87. The summed E-state index contributed by atoms with van der Waals surface area (Å²) in [5.74, 6) is 0. The van der Waals surface area contributed by atoms with Crippen LogP contribution in [0, 0.1) is 6.42 Å². The molecule has 0 aromatic carbocycles. The van der Waals surface area contributed by atoms with E-state index in [4.69, 9.17) is 0 Å². The molecule has 1 radical (unpaired) electrons. The predicted octanol–water partition coefficient (Wildman–Crippen LogP) is 2.28. The normalized spacial score (nSPS) is 24.8. The fraction of sp³-hybridized carbons (Fsp3) is 0.500. The molecule has 0 N–H and O–H groups in total. The summed E-state index contributed by atoms with van der Waals surface area (Å²) in [6, 6.07) is 0. The van der Waals surface area contributed by atoms with Crippen LogP contribution in [0.3, 0.4) is 0 Å². The van der Waals surface area contributed by atoms with E-state index in [0.29, 0.717) is 0 Å². The van der Waals surface area contributed by atoms with E-state index < -0.39 is 6.55 Å². The minimum absolute atomic E-state index is 0.181. The summed E-state index contributed by atoms with van der Waals surface area (Å²) in [4.78, 5) is 1.02. The molecule has 57 valence electrons. The molecular formula is C6H8F2NS. The Kier molecular flexibility index (Phi) is 2.54. The average Bonchev–Trinajstić information content (AvgIpc) is 2.33. The predicted molar refractivity (Wildman–Crippen MR) is 38.3 cm³/mol. The molecule has 1 aliphatic rings. The van der Waals surface area contributed by atoms with Gasteiger partial charge >= 0.3 is 6.55 Å². The van der Waals surface area contributed by atoms with Crippen molar-refractivity contribution in [2.75, 3.05) is 0 Å². The zero-order valence-electron chi connectivity index (χ0n) is 5.50. The van der Waals surface area contributed by atoms with Gasteiger partial charge in [-0.1, -0.05) is 6.92 Å². The lowest BCUT2D eigenvalue weighted by molar-refractivity contribution is 0.00645. The van der Waals surface area contributed by atoms with Crippen LogP contribution in [0.25, 0.3) is 0 Å². The molecule has 1 nitrogen and oxygen atoms in total. The summed E-state index contributed by atoms with van der Waals surface area (Å²) in [5, 5.41) is 1.50. The quantitative estimate of drug-likeness (QED) is 0.576. The van der Waals surface area contributed by atoms with Gasteiger partial charge in [0.25, 0.3) is 0 Å². The Morgan fingerprint density at radius 3 is 2.80 bits per heavy atom. The fourth-order valence-electron chi connectivity index (χ4n) is 0.768. The van der Waals surface area contributed by atoms with Crippen LogP contribution in [0.4, 0.5) is 8.78 Å². The van der Waals surface area contributed by atoms with Gasteiger partial charge in [-0.25, -0.2) is 0 Å². The first-order chi connectivity index (χ1) is 4.75. The molecule has 0 bridgehead atoms. The summed E-state index contributed by atoms with van der Waals surface area (Å²) >= 11 is 1.39. The van der Waals surface area contributed by atoms with Gasteiger partial charge in [-0.15, -0.1) is 11.8 Å². The molecule has 1 aliphatic heterocycles. The molecule has 0 saturated carbocycles. The second-order valence-electron chi connectivity index (χ2n) is 1.87. The molecule has 1 heterocycles. The summed E-state index contributed by atoms with van der Waals surface area (Å²) in [6.45, 7) is -0.604. The van der Waals surface area contributed by atoms with Crippen LogP contribution < -0.4 is 0 Å². The number of rotatable bonds is 2. The molecule has 4 heteroatoms. The van der Waals surface area contributed by atoms with Crippen molar-refractivity contribution in [2.24, 2.45) is 0 Å². The smallest absolute Gasteiger partial charge is 0.309 e. The van der Waals surface area contributed by atoms with Crippen molar-refractivity contribution in [3.8, 4) is 0 Å². The van der Waals surface area contributed by atoms with Crippen LogP contribution in [0.2, 0.25) is 0 Å². The van der Waals surface area contributed by atoms with E-state index in [1.165, 1.54) is 18.0 Å². The van der Waals surface area contributed by atoms with Gasteiger partial charge < -0.3 is 4.90 Å². The van der Waals surface area contributed by atoms with Crippen LogP contribution >= 0.6 is 11.8 Å². The Morgan fingerprint density at radius 2 is 2.40 bits per heavy atom. The van der Waals surface area contributed by atoms with E-state index in [9.17, 15) is 8.78 Å². The molecular weight excluding hydrogens is 156 g/mol. The highest BCUT2D eigenvalue weighted by Gasteiger charge is 2.24. The number of hydrogen-bond acceptors (Lipinski definition) is 2. The van der Waals surface area contributed by atoms with Gasteiger partial charge in [0, 0.05) is 6.20 Å². The number of hydrogen-bond donors (Lipinski definition) is 0. The highest BCUT2D eigenvalue weighted by Crippen LogP contribution is 2.29. The van der Waals surface area contributed by atoms with Crippen LogP contribution in [0.15, 0.2) is 11.6 Å². The lowest BCUT2D eigenvalue weighted by Crippen LogP contribution is -2.29. The van der Waals surface area contributed by atoms with Gasteiger partial charge in [-0.05, 0) is 11.8 Å². The third-order valence-electron chi connectivity index (χ3n) is 1.26. The molecule has 0 spiro atoms. The number of alkyl halides is 2. The first-order valence-electron chi connectivity index (χ1n) is 2.93. The Morgan fingerprint density at radius 1 is 1.70 bits per heavy atom. The van der Waals surface area contributed by atoms with Crippen molar-refractivity contribution in [1.29, 1.82) is 0 Å². The monoisotopic (exact) mass is 164 g/mol. The largest absolute Gasteiger partial charge is 0.315 e. The van der Waals surface area contributed by atoms with Gasteiger partial charge in [0.05, 0.1) is 5.37 Å². The van der Waals surface area contributed by atoms with E-state index in [2.05, 4.69) is 0 Å². The summed E-state index contributed by atoms with van der Waals surface area (Å²) in [6.07, 6.45) is 3.16. The van der Waals surface area contributed by atoms with Gasteiger partial charge in [-0.2, -0.15) is 8.78 Å². The van der Waals surface area contributed by atoms with Crippen molar-refractivity contribution in [3.63, 3.8) is 0 Å². The standard InChI is InChI=1S/C6H8F2NS/c1-2-5-9(6(7)8)3-4-10-5/h2-6H,1H3. The van der Waals surface area contributed by atoms with Gasteiger partial charge in [0.15, 0.2) is 0 Å². The zero-order chi connectivity index (χ0) is 7.56. The number of thioether (sulfide) groups is 1. The Labute approximate surface area is 63.1 Å². The Bertz CT molecular complexity index is 138. The lowest BCUT2D eigenvalue weighted by Gasteiger charge is -2.21. The molecule has 1 atom stereocenters. The highest BCUT2D eigenvalue weighted by molar-refractivity contribution is 8.03. The molecule has 0 saturated heterocycles. The molecule has 0 aromatic rings. The van der Waals surface area contributed by atoms with Crippen molar-refractivity contribution >= 4 is 11.8 Å². The average molecular weight is 164 g/mol. The Balaban J connectivity index is 2.49. The second kappa shape index (κ2) is 3.23. The molecule has 1 rings (SSSR count). The van der Waals surface area contributed by atoms with E-state index >= 15 is 0 Å². The maximum atomic E-state index is 12.0. The third-order valence-corrected chi connectivity index (χ3v) is 2.33. The van der Waals surface area contributed by atoms with E-state index in [1.807, 2.05) is 0 Å². The van der Waals surface area contributed by atoms with Crippen LogP contribution in [-0.2, 0) is 0 Å². The van der Waals surface area contributed by atoms with Crippen LogP contribution in [0.5, 0.6) is 0 Å². The topological polar surface area (TPSA) is 3.24 Å². The fourth-order valence-corrected chi connectivity index (χ4v) is 1.60. The number of nitrogens with zero attached hydrogens (tertiary/aromatic N) is 1. The highest BCUT2D eigenvalue weighted by atomic mass is 32.2. The van der Waals surface area contributed by atoms with Crippen molar-refractivity contribution in [3.05, 3.63) is 18.0 Å².